The molecule has 0 saturated heterocycles. The van der Waals surface area contributed by atoms with Gasteiger partial charge < -0.3 is 5.73 Å². The summed E-state index contributed by atoms with van der Waals surface area (Å²) < 4.78 is 0.823. The first-order valence-corrected chi connectivity index (χ1v) is 6.50. The SMILES string of the molecule is NC(=O)c1cccc(C(=O)Nc2ncc(Br)s2)c1. The molecule has 0 atom stereocenters. The van der Waals surface area contributed by atoms with Crippen molar-refractivity contribution in [1.82, 2.24) is 4.98 Å². The van der Waals surface area contributed by atoms with E-state index in [1.807, 2.05) is 0 Å². The summed E-state index contributed by atoms with van der Waals surface area (Å²) in [5.74, 6) is -0.901. The van der Waals surface area contributed by atoms with E-state index >= 15 is 0 Å². The van der Waals surface area contributed by atoms with Gasteiger partial charge in [-0.15, -0.1) is 0 Å². The zero-order chi connectivity index (χ0) is 13.1. The van der Waals surface area contributed by atoms with Crippen LogP contribution >= 0.6 is 27.3 Å². The first-order valence-electron chi connectivity index (χ1n) is 4.89. The number of nitrogens with two attached hydrogens (primary N) is 1. The molecule has 2 rings (SSSR count). The zero-order valence-corrected chi connectivity index (χ0v) is 11.4. The number of anilines is 1. The van der Waals surface area contributed by atoms with E-state index in [9.17, 15) is 9.59 Å². The van der Waals surface area contributed by atoms with Crippen LogP contribution in [0.2, 0.25) is 0 Å². The number of aromatic nitrogens is 1. The Labute approximate surface area is 115 Å². The van der Waals surface area contributed by atoms with Crippen molar-refractivity contribution in [2.24, 2.45) is 5.73 Å². The lowest BCUT2D eigenvalue weighted by molar-refractivity contribution is 0.1000. The molecule has 5 nitrogen and oxygen atoms in total. The average Bonchev–Trinajstić information content (AvgIpc) is 2.75. The molecule has 2 aromatic rings. The normalized spacial score (nSPS) is 10.1. The molecule has 3 N–H and O–H groups in total. The molecule has 18 heavy (non-hydrogen) atoms. The summed E-state index contributed by atoms with van der Waals surface area (Å²) in [6.07, 6.45) is 1.60. The highest BCUT2D eigenvalue weighted by molar-refractivity contribution is 9.11. The van der Waals surface area contributed by atoms with Crippen LogP contribution in [0.25, 0.3) is 0 Å². The van der Waals surface area contributed by atoms with E-state index in [-0.39, 0.29) is 5.91 Å². The summed E-state index contributed by atoms with van der Waals surface area (Å²) >= 11 is 4.56. The number of nitrogens with zero attached hydrogens (tertiary/aromatic N) is 1. The predicted molar refractivity (Wildman–Crippen MR) is 72.7 cm³/mol. The van der Waals surface area contributed by atoms with Crippen LogP contribution in [0.4, 0.5) is 5.13 Å². The van der Waals surface area contributed by atoms with Gasteiger partial charge in [-0.3, -0.25) is 14.9 Å². The molecule has 0 bridgehead atoms. The van der Waals surface area contributed by atoms with Gasteiger partial charge in [0.1, 0.15) is 0 Å². The maximum atomic E-state index is 11.9. The smallest absolute Gasteiger partial charge is 0.257 e. The molecule has 0 fully saturated rings. The van der Waals surface area contributed by atoms with Crippen molar-refractivity contribution < 1.29 is 9.59 Å². The number of amides is 2. The molecule has 0 radical (unpaired) electrons. The largest absolute Gasteiger partial charge is 0.366 e. The average molecular weight is 326 g/mol. The lowest BCUT2D eigenvalue weighted by atomic mass is 10.1. The molecule has 0 unspecified atom stereocenters. The molecule has 1 heterocycles. The fourth-order valence-corrected chi connectivity index (χ4v) is 2.40. The minimum atomic E-state index is -0.568. The summed E-state index contributed by atoms with van der Waals surface area (Å²) in [7, 11) is 0. The van der Waals surface area contributed by atoms with Crippen LogP contribution in [0.5, 0.6) is 0 Å². The summed E-state index contributed by atoms with van der Waals surface area (Å²) in [6.45, 7) is 0. The Bertz CT molecular complexity index is 612. The van der Waals surface area contributed by atoms with E-state index in [2.05, 4.69) is 26.2 Å². The lowest BCUT2D eigenvalue weighted by Crippen LogP contribution is -2.15. The number of nitrogens with one attached hydrogen (secondary N) is 1. The molecule has 0 aliphatic carbocycles. The van der Waals surface area contributed by atoms with E-state index in [4.69, 9.17) is 5.73 Å². The van der Waals surface area contributed by atoms with Crippen LogP contribution in [-0.4, -0.2) is 16.8 Å². The van der Waals surface area contributed by atoms with E-state index in [1.165, 1.54) is 17.4 Å². The summed E-state index contributed by atoms with van der Waals surface area (Å²) in [4.78, 5) is 26.9. The fourth-order valence-electron chi connectivity index (χ4n) is 1.30. The standard InChI is InChI=1S/C11H8BrN3O2S/c12-8-5-14-11(18-8)15-10(17)7-3-1-2-6(4-7)9(13)16/h1-5H,(H2,13,16)(H,14,15,17). The van der Waals surface area contributed by atoms with Crippen molar-refractivity contribution in [1.29, 1.82) is 0 Å². The van der Waals surface area contributed by atoms with Gasteiger partial charge in [-0.1, -0.05) is 17.4 Å². The van der Waals surface area contributed by atoms with Gasteiger partial charge in [0.05, 0.1) is 9.98 Å². The van der Waals surface area contributed by atoms with E-state index in [0.29, 0.717) is 16.3 Å². The third-order valence-electron chi connectivity index (χ3n) is 2.11. The molecule has 7 heteroatoms. The second-order valence-electron chi connectivity index (χ2n) is 3.37. The minimum absolute atomic E-state index is 0.294. The fraction of sp³-hybridized carbons (Fsp3) is 0. The van der Waals surface area contributed by atoms with Gasteiger partial charge in [-0.05, 0) is 34.1 Å². The number of rotatable bonds is 3. The molecule has 0 aliphatic heterocycles. The number of hydrogen-bond acceptors (Lipinski definition) is 4. The number of benzene rings is 1. The van der Waals surface area contributed by atoms with Gasteiger partial charge >= 0.3 is 0 Å². The van der Waals surface area contributed by atoms with Crippen molar-refractivity contribution >= 4 is 44.2 Å². The van der Waals surface area contributed by atoms with Crippen LogP contribution < -0.4 is 11.1 Å². The lowest BCUT2D eigenvalue weighted by Gasteiger charge is -2.02. The Morgan fingerprint density at radius 2 is 2.06 bits per heavy atom. The quantitative estimate of drug-likeness (QED) is 0.907. The van der Waals surface area contributed by atoms with Gasteiger partial charge in [0.25, 0.3) is 5.91 Å². The first-order chi connectivity index (χ1) is 8.56. The molecule has 0 aliphatic rings. The molecule has 2 amide bonds. The number of carbonyl (C=O) groups is 2. The number of hydrogen-bond donors (Lipinski definition) is 2. The highest BCUT2D eigenvalue weighted by Gasteiger charge is 2.10. The maximum Gasteiger partial charge on any atom is 0.257 e. The van der Waals surface area contributed by atoms with Crippen LogP contribution in [0.3, 0.4) is 0 Å². The summed E-state index contributed by atoms with van der Waals surface area (Å²) in [6, 6.07) is 6.20. The van der Waals surface area contributed by atoms with Gasteiger partial charge in [0.2, 0.25) is 5.91 Å². The van der Waals surface area contributed by atoms with Gasteiger partial charge in [0.15, 0.2) is 5.13 Å². The maximum absolute atomic E-state index is 11.9. The third-order valence-corrected chi connectivity index (χ3v) is 3.50. The van der Waals surface area contributed by atoms with Crippen molar-refractivity contribution in [3.05, 3.63) is 45.4 Å². The number of thiazole rings is 1. The van der Waals surface area contributed by atoms with Gasteiger partial charge in [-0.2, -0.15) is 0 Å². The summed E-state index contributed by atoms with van der Waals surface area (Å²) in [5, 5.41) is 3.11. The van der Waals surface area contributed by atoms with Crippen molar-refractivity contribution in [3.8, 4) is 0 Å². The Morgan fingerprint density at radius 3 is 2.67 bits per heavy atom. The Kier molecular flexibility index (Phi) is 3.73. The van der Waals surface area contributed by atoms with Crippen molar-refractivity contribution in [2.45, 2.75) is 0 Å². The third kappa shape index (κ3) is 2.93. The monoisotopic (exact) mass is 325 g/mol. The van der Waals surface area contributed by atoms with Gasteiger partial charge in [-0.25, -0.2) is 4.98 Å². The second kappa shape index (κ2) is 5.28. The molecular formula is C11H8BrN3O2S. The molecular weight excluding hydrogens is 318 g/mol. The van der Waals surface area contributed by atoms with Crippen LogP contribution in [-0.2, 0) is 0 Å². The summed E-state index contributed by atoms with van der Waals surface area (Å²) in [5.41, 5.74) is 5.80. The van der Waals surface area contributed by atoms with E-state index in [0.717, 1.165) is 3.79 Å². The van der Waals surface area contributed by atoms with Crippen LogP contribution in [0.15, 0.2) is 34.2 Å². The molecule has 1 aromatic carbocycles. The predicted octanol–water partition coefficient (Wildman–Crippen LogP) is 2.26. The second-order valence-corrected chi connectivity index (χ2v) is 5.78. The van der Waals surface area contributed by atoms with E-state index < -0.39 is 5.91 Å². The number of primary amides is 1. The molecule has 0 saturated carbocycles. The van der Waals surface area contributed by atoms with Gasteiger partial charge in [0, 0.05) is 11.1 Å². The highest BCUT2D eigenvalue weighted by atomic mass is 79.9. The topological polar surface area (TPSA) is 85.1 Å². The first kappa shape index (κ1) is 12.7. The van der Waals surface area contributed by atoms with Crippen LogP contribution in [0.1, 0.15) is 20.7 Å². The molecule has 0 spiro atoms. The number of halogens is 1. The van der Waals surface area contributed by atoms with E-state index in [1.54, 1.807) is 24.4 Å². The highest BCUT2D eigenvalue weighted by Crippen LogP contribution is 2.23. The molecule has 92 valence electrons. The zero-order valence-electron chi connectivity index (χ0n) is 9.01. The Morgan fingerprint density at radius 1 is 1.33 bits per heavy atom. The number of carbonyl (C=O) groups excluding carboxylic acids is 2. The van der Waals surface area contributed by atoms with Crippen molar-refractivity contribution in [2.75, 3.05) is 5.32 Å². The van der Waals surface area contributed by atoms with Crippen LogP contribution in [0, 0.1) is 0 Å². The Balaban J connectivity index is 2.18. The minimum Gasteiger partial charge on any atom is -0.366 e. The molecule has 1 aromatic heterocycles. The van der Waals surface area contributed by atoms with Crippen molar-refractivity contribution in [3.63, 3.8) is 0 Å². The Hall–Kier alpha value is -1.73.